The predicted molar refractivity (Wildman–Crippen MR) is 98.9 cm³/mol. The van der Waals surface area contributed by atoms with Crippen molar-refractivity contribution in [3.05, 3.63) is 58.6 Å². The standard InChI is InChI=1S/C18H22N4O7/c19-11(8-10-4-2-1-3-5-10)17(25)28-9-12-14(23)15(24)16(29-12)22-7-6-13(21-27)20-18(22)26/h1-7,11-12,14-16,23-24,27H,8-9,19H2,(H,20,21,26)/t11-,12-,14-,15-,16-/m1/s1. The fraction of sp³-hybridized carbons (Fsp3) is 0.389. The maximum atomic E-state index is 12.1. The third-order valence-electron chi connectivity index (χ3n) is 4.55. The lowest BCUT2D eigenvalue weighted by Crippen LogP contribution is -2.39. The van der Waals surface area contributed by atoms with Crippen LogP contribution in [0.2, 0.25) is 0 Å². The monoisotopic (exact) mass is 406 g/mol. The highest BCUT2D eigenvalue weighted by molar-refractivity contribution is 5.75. The largest absolute Gasteiger partial charge is 0.462 e. The molecule has 1 aromatic carbocycles. The molecule has 0 aliphatic carbocycles. The van der Waals surface area contributed by atoms with E-state index in [0.29, 0.717) is 0 Å². The lowest BCUT2D eigenvalue weighted by molar-refractivity contribution is -0.151. The summed E-state index contributed by atoms with van der Waals surface area (Å²) in [6.07, 6.45) is -3.64. The second-order valence-corrected chi connectivity index (χ2v) is 6.59. The van der Waals surface area contributed by atoms with Crippen molar-refractivity contribution in [2.24, 2.45) is 5.73 Å². The zero-order chi connectivity index (χ0) is 21.0. The van der Waals surface area contributed by atoms with Crippen LogP contribution in [0.3, 0.4) is 0 Å². The van der Waals surface area contributed by atoms with Crippen molar-refractivity contribution in [1.29, 1.82) is 0 Å². The Balaban J connectivity index is 1.59. The first-order chi connectivity index (χ1) is 13.9. The van der Waals surface area contributed by atoms with Crippen LogP contribution < -0.4 is 16.9 Å². The molecule has 3 rings (SSSR count). The van der Waals surface area contributed by atoms with Gasteiger partial charge in [0.25, 0.3) is 0 Å². The lowest BCUT2D eigenvalue weighted by Gasteiger charge is -2.17. The van der Waals surface area contributed by atoms with Gasteiger partial charge in [-0.05, 0) is 18.1 Å². The van der Waals surface area contributed by atoms with E-state index in [1.54, 1.807) is 5.48 Å². The number of nitrogens with two attached hydrogens (primary N) is 1. The van der Waals surface area contributed by atoms with Crippen LogP contribution in [0.4, 0.5) is 5.82 Å². The van der Waals surface area contributed by atoms with E-state index in [0.717, 1.165) is 10.1 Å². The fourth-order valence-corrected chi connectivity index (χ4v) is 2.99. The number of aromatic nitrogens is 2. The number of carbonyl (C=O) groups excluding carboxylic acids is 1. The van der Waals surface area contributed by atoms with Crippen LogP contribution in [0, 0.1) is 0 Å². The summed E-state index contributed by atoms with van der Waals surface area (Å²) >= 11 is 0. The van der Waals surface area contributed by atoms with Crippen molar-refractivity contribution >= 4 is 11.8 Å². The number of carbonyl (C=O) groups is 1. The van der Waals surface area contributed by atoms with Gasteiger partial charge in [-0.25, -0.2) is 4.79 Å². The van der Waals surface area contributed by atoms with E-state index in [2.05, 4.69) is 4.98 Å². The number of nitrogens with one attached hydrogen (secondary N) is 1. The number of aliphatic hydroxyl groups is 2. The molecule has 0 bridgehead atoms. The van der Waals surface area contributed by atoms with Crippen LogP contribution in [-0.4, -0.2) is 61.9 Å². The van der Waals surface area contributed by atoms with E-state index in [9.17, 15) is 19.8 Å². The van der Waals surface area contributed by atoms with Gasteiger partial charge in [0.2, 0.25) is 0 Å². The molecule has 11 heteroatoms. The van der Waals surface area contributed by atoms with Gasteiger partial charge in [-0.3, -0.25) is 20.0 Å². The van der Waals surface area contributed by atoms with Crippen LogP contribution in [0.1, 0.15) is 11.8 Å². The summed E-state index contributed by atoms with van der Waals surface area (Å²) in [6.45, 7) is -0.353. The summed E-state index contributed by atoms with van der Waals surface area (Å²) < 4.78 is 11.6. The van der Waals surface area contributed by atoms with Crippen molar-refractivity contribution in [1.82, 2.24) is 9.55 Å². The van der Waals surface area contributed by atoms with Gasteiger partial charge in [-0.15, -0.1) is 0 Å². The highest BCUT2D eigenvalue weighted by atomic mass is 16.6. The van der Waals surface area contributed by atoms with E-state index in [4.69, 9.17) is 20.4 Å². The van der Waals surface area contributed by atoms with Crippen LogP contribution >= 0.6 is 0 Å². The number of rotatable bonds is 7. The molecule has 1 saturated heterocycles. The molecule has 1 aromatic heterocycles. The smallest absolute Gasteiger partial charge is 0.351 e. The zero-order valence-corrected chi connectivity index (χ0v) is 15.3. The van der Waals surface area contributed by atoms with Crippen LogP contribution in [0.5, 0.6) is 0 Å². The molecular formula is C18H22N4O7. The summed E-state index contributed by atoms with van der Waals surface area (Å²) in [6, 6.07) is 9.56. The van der Waals surface area contributed by atoms with Crippen molar-refractivity contribution < 1.29 is 29.7 Å². The van der Waals surface area contributed by atoms with Gasteiger partial charge in [0.1, 0.15) is 31.0 Å². The van der Waals surface area contributed by atoms with E-state index >= 15 is 0 Å². The Morgan fingerprint density at radius 2 is 2.00 bits per heavy atom. The first-order valence-corrected chi connectivity index (χ1v) is 8.87. The Hall–Kier alpha value is -2.83. The van der Waals surface area contributed by atoms with Gasteiger partial charge >= 0.3 is 11.7 Å². The third kappa shape index (κ3) is 4.78. The summed E-state index contributed by atoms with van der Waals surface area (Å²) in [4.78, 5) is 27.7. The maximum Gasteiger partial charge on any atom is 0.351 e. The second-order valence-electron chi connectivity index (χ2n) is 6.59. The van der Waals surface area contributed by atoms with Crippen molar-refractivity contribution in [2.45, 2.75) is 37.0 Å². The normalized spacial score (nSPS) is 24.8. The van der Waals surface area contributed by atoms with Gasteiger partial charge in [0.05, 0.1) is 0 Å². The number of hydrogen-bond acceptors (Lipinski definition) is 10. The molecule has 1 aliphatic heterocycles. The maximum absolute atomic E-state index is 12.1. The minimum absolute atomic E-state index is 0.0860. The minimum Gasteiger partial charge on any atom is -0.462 e. The van der Waals surface area contributed by atoms with E-state index in [1.807, 2.05) is 30.3 Å². The first kappa shape index (κ1) is 20.9. The summed E-state index contributed by atoms with van der Waals surface area (Å²) in [7, 11) is 0. The number of anilines is 1. The molecular weight excluding hydrogens is 384 g/mol. The highest BCUT2D eigenvalue weighted by Gasteiger charge is 2.44. The molecule has 1 aliphatic rings. The Bertz CT molecular complexity index is 891. The summed E-state index contributed by atoms with van der Waals surface area (Å²) in [5.41, 5.74) is 7.64. The van der Waals surface area contributed by atoms with Crippen molar-refractivity contribution in [2.75, 3.05) is 12.1 Å². The molecule has 11 nitrogen and oxygen atoms in total. The number of ether oxygens (including phenoxy) is 2. The molecule has 0 spiro atoms. The van der Waals surface area contributed by atoms with Crippen LogP contribution in [0.25, 0.3) is 0 Å². The topological polar surface area (TPSA) is 169 Å². The molecule has 0 radical (unpaired) electrons. The molecule has 2 heterocycles. The fourth-order valence-electron chi connectivity index (χ4n) is 2.99. The minimum atomic E-state index is -1.45. The number of aliphatic hydroxyl groups excluding tert-OH is 2. The Kier molecular flexibility index (Phi) is 6.56. The number of benzene rings is 1. The molecule has 0 unspecified atom stereocenters. The Morgan fingerprint density at radius 1 is 1.28 bits per heavy atom. The highest BCUT2D eigenvalue weighted by Crippen LogP contribution is 2.28. The van der Waals surface area contributed by atoms with E-state index < -0.39 is 42.2 Å². The van der Waals surface area contributed by atoms with Gasteiger partial charge in [0, 0.05) is 6.20 Å². The summed E-state index contributed by atoms with van der Waals surface area (Å²) in [5, 5.41) is 29.2. The number of nitrogens with zero attached hydrogens (tertiary/aromatic N) is 2. The Labute approximate surface area is 165 Å². The molecule has 6 N–H and O–H groups in total. The molecule has 1 fully saturated rings. The first-order valence-electron chi connectivity index (χ1n) is 8.87. The van der Waals surface area contributed by atoms with Crippen molar-refractivity contribution in [3.63, 3.8) is 0 Å². The van der Waals surface area contributed by atoms with Gasteiger partial charge in [-0.1, -0.05) is 30.3 Å². The predicted octanol–water partition coefficient (Wildman–Crippen LogP) is -1.22. The third-order valence-corrected chi connectivity index (χ3v) is 4.55. The lowest BCUT2D eigenvalue weighted by atomic mass is 10.1. The van der Waals surface area contributed by atoms with Crippen molar-refractivity contribution in [3.8, 4) is 0 Å². The van der Waals surface area contributed by atoms with Crippen LogP contribution in [0.15, 0.2) is 47.4 Å². The van der Waals surface area contributed by atoms with Gasteiger partial charge in [-0.2, -0.15) is 4.98 Å². The average molecular weight is 406 g/mol. The quantitative estimate of drug-likeness (QED) is 0.277. The summed E-state index contributed by atoms with van der Waals surface area (Å²) in [5.74, 6) is -0.767. The Morgan fingerprint density at radius 3 is 2.66 bits per heavy atom. The average Bonchev–Trinajstić information content (AvgIpc) is 3.01. The molecule has 156 valence electrons. The van der Waals surface area contributed by atoms with Gasteiger partial charge in [0.15, 0.2) is 12.0 Å². The van der Waals surface area contributed by atoms with Gasteiger partial charge < -0.3 is 25.4 Å². The van der Waals surface area contributed by atoms with E-state index in [-0.39, 0.29) is 18.8 Å². The van der Waals surface area contributed by atoms with Crippen LogP contribution in [-0.2, 0) is 20.7 Å². The number of hydrogen-bond donors (Lipinski definition) is 5. The SMILES string of the molecule is N[C@H](Cc1ccccc1)C(=O)OC[C@H]1O[C@@H](n2ccc(NO)nc2=O)[C@H](O)[C@@H]1O. The zero-order valence-electron chi connectivity index (χ0n) is 15.3. The molecule has 29 heavy (non-hydrogen) atoms. The molecule has 0 amide bonds. The van der Waals surface area contributed by atoms with E-state index in [1.165, 1.54) is 12.3 Å². The second kappa shape index (κ2) is 9.11. The molecule has 2 aromatic rings. The molecule has 0 saturated carbocycles. The number of esters is 1. The molecule has 5 atom stereocenters.